The van der Waals surface area contributed by atoms with Gasteiger partial charge in [0.15, 0.2) is 11.4 Å². The quantitative estimate of drug-likeness (QED) is 0.800. The van der Waals surface area contributed by atoms with E-state index in [1.807, 2.05) is 0 Å². The average molecular weight is 280 g/mol. The van der Waals surface area contributed by atoms with Crippen molar-refractivity contribution in [3.63, 3.8) is 0 Å². The number of aromatic carboxylic acids is 2. The van der Waals surface area contributed by atoms with Gasteiger partial charge in [0.2, 0.25) is 0 Å². The van der Waals surface area contributed by atoms with Gasteiger partial charge in [0, 0.05) is 18.7 Å². The van der Waals surface area contributed by atoms with Crippen LogP contribution in [0.4, 0.5) is 0 Å². The third-order valence-electron chi connectivity index (χ3n) is 3.11. The molecule has 1 aromatic rings. The lowest BCUT2D eigenvalue weighted by Gasteiger charge is -2.15. The largest absolute Gasteiger partial charge is 0.492 e. The van der Waals surface area contributed by atoms with Gasteiger partial charge in [-0.25, -0.2) is 14.6 Å². The summed E-state index contributed by atoms with van der Waals surface area (Å²) in [6.07, 6.45) is 2.36. The summed E-state index contributed by atoms with van der Waals surface area (Å²) in [5.41, 5.74) is -0.665. The van der Waals surface area contributed by atoms with Crippen LogP contribution in [0.15, 0.2) is 12.1 Å². The van der Waals surface area contributed by atoms with Gasteiger partial charge in [-0.3, -0.25) is 4.90 Å². The van der Waals surface area contributed by atoms with Crippen LogP contribution in [-0.2, 0) is 0 Å². The first-order chi connectivity index (χ1) is 9.56. The first kappa shape index (κ1) is 14.3. The van der Waals surface area contributed by atoms with Crippen LogP contribution in [0.2, 0.25) is 0 Å². The number of rotatable bonds is 6. The monoisotopic (exact) mass is 280 g/mol. The molecule has 2 rings (SSSR count). The molecular weight excluding hydrogens is 264 g/mol. The highest BCUT2D eigenvalue weighted by molar-refractivity contribution is 5.90. The summed E-state index contributed by atoms with van der Waals surface area (Å²) < 4.78 is 5.44. The Morgan fingerprint density at radius 1 is 1.15 bits per heavy atom. The summed E-state index contributed by atoms with van der Waals surface area (Å²) >= 11 is 0. The molecule has 1 fully saturated rings. The fourth-order valence-corrected chi connectivity index (χ4v) is 2.11. The van der Waals surface area contributed by atoms with Gasteiger partial charge in [0.05, 0.1) is 0 Å². The Hall–Kier alpha value is -2.15. The molecule has 1 aliphatic rings. The van der Waals surface area contributed by atoms with E-state index in [0.29, 0.717) is 6.61 Å². The van der Waals surface area contributed by atoms with E-state index in [0.717, 1.165) is 19.6 Å². The Balaban J connectivity index is 2.01. The van der Waals surface area contributed by atoms with Crippen molar-refractivity contribution in [2.24, 2.45) is 0 Å². The molecular formula is C13H16N2O5. The topological polar surface area (TPSA) is 100.0 Å². The molecule has 0 atom stereocenters. The number of pyridine rings is 1. The fraction of sp³-hybridized carbons (Fsp3) is 0.462. The molecule has 1 aromatic heterocycles. The summed E-state index contributed by atoms with van der Waals surface area (Å²) in [7, 11) is 0. The van der Waals surface area contributed by atoms with Gasteiger partial charge in [-0.1, -0.05) is 0 Å². The van der Waals surface area contributed by atoms with Crippen LogP contribution in [0.3, 0.4) is 0 Å². The third-order valence-corrected chi connectivity index (χ3v) is 3.11. The normalized spacial score (nSPS) is 15.2. The zero-order valence-electron chi connectivity index (χ0n) is 10.9. The Morgan fingerprint density at radius 3 is 2.20 bits per heavy atom. The van der Waals surface area contributed by atoms with Crippen LogP contribution < -0.4 is 4.74 Å². The first-order valence-corrected chi connectivity index (χ1v) is 6.40. The maximum atomic E-state index is 10.9. The van der Waals surface area contributed by atoms with Crippen molar-refractivity contribution < 1.29 is 24.5 Å². The fourth-order valence-electron chi connectivity index (χ4n) is 2.11. The number of ether oxygens (including phenoxy) is 1. The number of carboxylic acids is 2. The SMILES string of the molecule is O=C(O)c1cc(OCCN2CCCC2)cc(C(=O)O)n1. The minimum absolute atomic E-state index is 0.217. The van der Waals surface area contributed by atoms with Crippen LogP contribution >= 0.6 is 0 Å². The van der Waals surface area contributed by atoms with Crippen LogP contribution in [0.1, 0.15) is 33.8 Å². The maximum Gasteiger partial charge on any atom is 0.354 e. The summed E-state index contributed by atoms with van der Waals surface area (Å²) in [6.45, 7) is 3.22. The lowest BCUT2D eigenvalue weighted by atomic mass is 10.3. The Bertz CT molecular complexity index is 479. The first-order valence-electron chi connectivity index (χ1n) is 6.40. The van der Waals surface area contributed by atoms with E-state index in [1.165, 1.54) is 25.0 Å². The zero-order valence-corrected chi connectivity index (χ0v) is 10.9. The molecule has 1 saturated heterocycles. The van der Waals surface area contributed by atoms with Gasteiger partial charge in [0.1, 0.15) is 12.4 Å². The van der Waals surface area contributed by atoms with E-state index >= 15 is 0 Å². The molecule has 0 amide bonds. The van der Waals surface area contributed by atoms with E-state index in [2.05, 4.69) is 9.88 Å². The van der Waals surface area contributed by atoms with Crippen LogP contribution in [0, 0.1) is 0 Å². The summed E-state index contributed by atoms with van der Waals surface area (Å²) in [5.74, 6) is -2.34. The van der Waals surface area contributed by atoms with Crippen molar-refractivity contribution in [1.29, 1.82) is 0 Å². The number of nitrogens with zero attached hydrogens (tertiary/aromatic N) is 2. The Labute approximate surface area is 115 Å². The number of carboxylic acid groups (broad SMARTS) is 2. The number of likely N-dealkylation sites (tertiary alicyclic amines) is 1. The third kappa shape index (κ3) is 3.67. The van der Waals surface area contributed by atoms with Crippen LogP contribution in [-0.4, -0.2) is 58.3 Å². The van der Waals surface area contributed by atoms with E-state index in [1.54, 1.807) is 0 Å². The second kappa shape index (κ2) is 6.33. The molecule has 7 heteroatoms. The molecule has 1 aliphatic heterocycles. The minimum Gasteiger partial charge on any atom is -0.492 e. The lowest BCUT2D eigenvalue weighted by molar-refractivity contribution is 0.0683. The average Bonchev–Trinajstić information content (AvgIpc) is 2.91. The standard InChI is InChI=1S/C13H16N2O5/c16-12(17)10-7-9(8-11(14-10)13(18)19)20-6-5-15-3-1-2-4-15/h7-8H,1-6H2,(H,16,17)(H,18,19). The molecule has 20 heavy (non-hydrogen) atoms. The summed E-state index contributed by atoms with van der Waals surface area (Å²) in [4.78, 5) is 27.6. The number of hydrogen-bond donors (Lipinski definition) is 2. The van der Waals surface area contributed by atoms with E-state index in [-0.39, 0.29) is 17.1 Å². The highest BCUT2D eigenvalue weighted by Gasteiger charge is 2.15. The van der Waals surface area contributed by atoms with Gasteiger partial charge in [-0.15, -0.1) is 0 Å². The molecule has 0 saturated carbocycles. The lowest BCUT2D eigenvalue weighted by Crippen LogP contribution is -2.25. The van der Waals surface area contributed by atoms with Crippen molar-refractivity contribution in [1.82, 2.24) is 9.88 Å². The number of hydrogen-bond acceptors (Lipinski definition) is 5. The van der Waals surface area contributed by atoms with E-state index in [9.17, 15) is 9.59 Å². The van der Waals surface area contributed by atoms with Crippen molar-refractivity contribution in [2.45, 2.75) is 12.8 Å². The molecule has 0 aromatic carbocycles. The molecule has 0 spiro atoms. The number of carbonyl (C=O) groups is 2. The molecule has 0 radical (unpaired) electrons. The predicted octanol–water partition coefficient (Wildman–Crippen LogP) is 0.953. The van der Waals surface area contributed by atoms with Gasteiger partial charge < -0.3 is 14.9 Å². The van der Waals surface area contributed by atoms with Crippen molar-refractivity contribution in [2.75, 3.05) is 26.2 Å². The Kier molecular flexibility index (Phi) is 4.52. The molecule has 7 nitrogen and oxygen atoms in total. The van der Waals surface area contributed by atoms with Gasteiger partial charge in [0.25, 0.3) is 0 Å². The van der Waals surface area contributed by atoms with Crippen LogP contribution in [0.5, 0.6) is 5.75 Å². The molecule has 2 N–H and O–H groups in total. The van der Waals surface area contributed by atoms with Crippen molar-refractivity contribution in [3.8, 4) is 5.75 Å². The molecule has 0 aliphatic carbocycles. The highest BCUT2D eigenvalue weighted by atomic mass is 16.5. The second-order valence-electron chi connectivity index (χ2n) is 4.58. The number of aromatic nitrogens is 1. The molecule has 0 bridgehead atoms. The molecule has 0 unspecified atom stereocenters. The summed E-state index contributed by atoms with van der Waals surface area (Å²) in [5, 5.41) is 17.8. The second-order valence-corrected chi connectivity index (χ2v) is 4.58. The zero-order chi connectivity index (χ0) is 14.5. The molecule has 2 heterocycles. The van der Waals surface area contributed by atoms with Gasteiger partial charge in [-0.05, 0) is 25.9 Å². The minimum atomic E-state index is -1.28. The van der Waals surface area contributed by atoms with Gasteiger partial charge >= 0.3 is 11.9 Å². The van der Waals surface area contributed by atoms with E-state index < -0.39 is 11.9 Å². The predicted molar refractivity (Wildman–Crippen MR) is 69.3 cm³/mol. The van der Waals surface area contributed by atoms with Gasteiger partial charge in [-0.2, -0.15) is 0 Å². The smallest absolute Gasteiger partial charge is 0.354 e. The van der Waals surface area contributed by atoms with Crippen molar-refractivity contribution >= 4 is 11.9 Å². The maximum absolute atomic E-state index is 10.9. The Morgan fingerprint density at radius 2 is 1.70 bits per heavy atom. The summed E-state index contributed by atoms with van der Waals surface area (Å²) in [6, 6.07) is 2.47. The van der Waals surface area contributed by atoms with E-state index in [4.69, 9.17) is 14.9 Å². The molecule has 108 valence electrons. The van der Waals surface area contributed by atoms with Crippen LogP contribution in [0.25, 0.3) is 0 Å². The van der Waals surface area contributed by atoms with Crippen molar-refractivity contribution in [3.05, 3.63) is 23.5 Å². The highest BCUT2D eigenvalue weighted by Crippen LogP contribution is 2.15.